The molecule has 0 radical (unpaired) electrons. The Bertz CT molecular complexity index is 1210. The summed E-state index contributed by atoms with van der Waals surface area (Å²) in [4.78, 5) is 38.9. The van der Waals surface area contributed by atoms with Crippen molar-refractivity contribution in [1.82, 2.24) is 20.3 Å². The van der Waals surface area contributed by atoms with Gasteiger partial charge in [-0.1, -0.05) is 47.7 Å². The van der Waals surface area contributed by atoms with Gasteiger partial charge in [0, 0.05) is 30.0 Å². The average Bonchev–Trinajstić information content (AvgIpc) is 3.16. The number of amides is 2. The topological polar surface area (TPSA) is 97.2 Å². The molecule has 0 fully saturated rings. The SMILES string of the molecule is CC(=O)CCC(=O)N1Cc2ccccc2-c2c(nnn2CC(=O)NC(C)C)-c2ccccc21. The highest BCUT2D eigenvalue weighted by atomic mass is 16.2. The van der Waals surface area contributed by atoms with E-state index in [4.69, 9.17) is 0 Å². The van der Waals surface area contributed by atoms with Crippen molar-refractivity contribution in [2.75, 3.05) is 4.90 Å². The molecule has 0 aliphatic carbocycles. The highest BCUT2D eigenvalue weighted by Gasteiger charge is 2.29. The third-order valence-electron chi connectivity index (χ3n) is 5.52. The van der Waals surface area contributed by atoms with E-state index in [0.717, 1.165) is 22.4 Å². The molecule has 170 valence electrons. The molecular formula is C25H27N5O3. The smallest absolute Gasteiger partial charge is 0.242 e. The lowest BCUT2D eigenvalue weighted by Gasteiger charge is -2.28. The lowest BCUT2D eigenvalue weighted by atomic mass is 9.95. The minimum absolute atomic E-state index is 0.0189. The number of benzene rings is 2. The van der Waals surface area contributed by atoms with Crippen LogP contribution in [0.3, 0.4) is 0 Å². The Morgan fingerprint density at radius 2 is 1.70 bits per heavy atom. The summed E-state index contributed by atoms with van der Waals surface area (Å²) in [6, 6.07) is 15.3. The van der Waals surface area contributed by atoms with E-state index in [-0.39, 0.29) is 43.0 Å². The predicted octanol–water partition coefficient (Wildman–Crippen LogP) is 3.35. The van der Waals surface area contributed by atoms with Gasteiger partial charge in [-0.15, -0.1) is 5.10 Å². The Balaban J connectivity index is 1.86. The maximum absolute atomic E-state index is 13.2. The highest BCUT2D eigenvalue weighted by molar-refractivity contribution is 6.01. The number of anilines is 1. The van der Waals surface area contributed by atoms with Crippen LogP contribution < -0.4 is 10.2 Å². The molecule has 1 aliphatic heterocycles. The molecule has 3 aromatic rings. The lowest BCUT2D eigenvalue weighted by Crippen LogP contribution is -2.34. The van der Waals surface area contributed by atoms with E-state index >= 15 is 0 Å². The summed E-state index contributed by atoms with van der Waals surface area (Å²) in [5.74, 6) is -0.292. The second kappa shape index (κ2) is 9.36. The summed E-state index contributed by atoms with van der Waals surface area (Å²) >= 11 is 0. The van der Waals surface area contributed by atoms with Gasteiger partial charge in [0.15, 0.2) is 0 Å². The maximum Gasteiger partial charge on any atom is 0.242 e. The van der Waals surface area contributed by atoms with Crippen molar-refractivity contribution in [3.8, 4) is 22.5 Å². The van der Waals surface area contributed by atoms with Crippen LogP contribution in [0.4, 0.5) is 5.69 Å². The number of para-hydroxylation sites is 1. The molecule has 1 aliphatic rings. The van der Waals surface area contributed by atoms with Gasteiger partial charge >= 0.3 is 0 Å². The molecule has 2 heterocycles. The van der Waals surface area contributed by atoms with Gasteiger partial charge in [-0.05, 0) is 32.4 Å². The van der Waals surface area contributed by atoms with Crippen molar-refractivity contribution in [3.05, 3.63) is 54.1 Å². The normalized spacial score (nSPS) is 12.3. The molecule has 33 heavy (non-hydrogen) atoms. The van der Waals surface area contributed by atoms with E-state index in [1.165, 1.54) is 6.92 Å². The number of hydrogen-bond donors (Lipinski definition) is 1. The number of ketones is 1. The van der Waals surface area contributed by atoms with Gasteiger partial charge in [0.05, 0.1) is 17.9 Å². The Kier molecular flexibility index (Phi) is 6.35. The molecule has 0 saturated carbocycles. The number of carbonyl (C=O) groups is 3. The first kappa shape index (κ1) is 22.4. The van der Waals surface area contributed by atoms with Crippen molar-refractivity contribution in [2.45, 2.75) is 52.7 Å². The zero-order valence-corrected chi connectivity index (χ0v) is 19.0. The fraction of sp³-hybridized carbons (Fsp3) is 0.320. The first-order valence-corrected chi connectivity index (χ1v) is 11.1. The number of carbonyl (C=O) groups excluding carboxylic acids is 3. The van der Waals surface area contributed by atoms with Gasteiger partial charge in [0.25, 0.3) is 0 Å². The molecule has 0 unspecified atom stereocenters. The molecule has 0 saturated heterocycles. The average molecular weight is 446 g/mol. The first-order valence-electron chi connectivity index (χ1n) is 11.1. The Morgan fingerprint density at radius 3 is 2.42 bits per heavy atom. The molecular weight excluding hydrogens is 418 g/mol. The largest absolute Gasteiger partial charge is 0.352 e. The molecule has 2 aromatic carbocycles. The van der Waals surface area contributed by atoms with Crippen LogP contribution >= 0.6 is 0 Å². The van der Waals surface area contributed by atoms with Crippen LogP contribution in [-0.2, 0) is 27.5 Å². The second-order valence-electron chi connectivity index (χ2n) is 8.52. The molecule has 1 N–H and O–H groups in total. The summed E-state index contributed by atoms with van der Waals surface area (Å²) < 4.78 is 1.62. The quantitative estimate of drug-likeness (QED) is 0.628. The van der Waals surface area contributed by atoms with Crippen LogP contribution in [0.1, 0.15) is 39.2 Å². The van der Waals surface area contributed by atoms with E-state index in [9.17, 15) is 14.4 Å². The standard InChI is InChI=1S/C25H27N5O3/c1-16(2)26-22(32)15-30-25-19-9-5-4-8-18(19)14-29(23(33)13-12-17(3)31)21-11-7-6-10-20(21)24(25)27-28-30/h4-11,16H,12-15H2,1-3H3,(H,26,32). The zero-order chi connectivity index (χ0) is 23.5. The van der Waals surface area contributed by atoms with Crippen molar-refractivity contribution in [2.24, 2.45) is 0 Å². The Labute approximate surface area is 192 Å². The van der Waals surface area contributed by atoms with E-state index in [1.807, 2.05) is 62.4 Å². The van der Waals surface area contributed by atoms with Crippen molar-refractivity contribution in [3.63, 3.8) is 0 Å². The van der Waals surface area contributed by atoms with E-state index in [0.29, 0.717) is 17.9 Å². The lowest BCUT2D eigenvalue weighted by molar-refractivity contribution is -0.123. The van der Waals surface area contributed by atoms with Crippen LogP contribution in [0.15, 0.2) is 48.5 Å². The molecule has 0 atom stereocenters. The minimum atomic E-state index is -0.147. The van der Waals surface area contributed by atoms with Gasteiger partial charge in [0.2, 0.25) is 11.8 Å². The van der Waals surface area contributed by atoms with E-state index in [2.05, 4.69) is 15.6 Å². The highest BCUT2D eigenvalue weighted by Crippen LogP contribution is 2.41. The number of aromatic nitrogens is 3. The fourth-order valence-electron chi connectivity index (χ4n) is 4.07. The van der Waals surface area contributed by atoms with Crippen molar-refractivity contribution >= 4 is 23.3 Å². The Morgan fingerprint density at radius 1 is 1.00 bits per heavy atom. The van der Waals surface area contributed by atoms with Crippen molar-refractivity contribution < 1.29 is 14.4 Å². The number of fused-ring (bicyclic) bond motifs is 5. The summed E-state index contributed by atoms with van der Waals surface area (Å²) in [6.07, 6.45) is 0.340. The fourth-order valence-corrected chi connectivity index (χ4v) is 4.07. The first-order chi connectivity index (χ1) is 15.8. The predicted molar refractivity (Wildman–Crippen MR) is 125 cm³/mol. The maximum atomic E-state index is 13.2. The van der Waals surface area contributed by atoms with Crippen molar-refractivity contribution in [1.29, 1.82) is 0 Å². The summed E-state index contributed by atoms with van der Waals surface area (Å²) in [5.41, 5.74) is 4.60. The molecule has 0 bridgehead atoms. The van der Waals surface area contributed by atoms with Crippen LogP contribution in [0.5, 0.6) is 0 Å². The van der Waals surface area contributed by atoms with Gasteiger partial charge < -0.3 is 15.0 Å². The molecule has 1 aromatic heterocycles. The van der Waals surface area contributed by atoms with Crippen LogP contribution in [-0.4, -0.2) is 38.6 Å². The number of Topliss-reactive ketones (excluding diaryl/α,β-unsaturated/α-hetero) is 1. The van der Waals surface area contributed by atoms with Crippen LogP contribution in [0.2, 0.25) is 0 Å². The summed E-state index contributed by atoms with van der Waals surface area (Å²) in [7, 11) is 0. The van der Waals surface area contributed by atoms with E-state index < -0.39 is 0 Å². The van der Waals surface area contributed by atoms with Gasteiger partial charge in [-0.2, -0.15) is 0 Å². The van der Waals surface area contributed by atoms with E-state index in [1.54, 1.807) is 9.58 Å². The second-order valence-corrected chi connectivity index (χ2v) is 8.52. The third kappa shape index (κ3) is 4.69. The van der Waals surface area contributed by atoms with Gasteiger partial charge in [0.1, 0.15) is 18.0 Å². The zero-order valence-electron chi connectivity index (χ0n) is 19.0. The van der Waals surface area contributed by atoms with Gasteiger partial charge in [-0.3, -0.25) is 9.59 Å². The van der Waals surface area contributed by atoms with Crippen LogP contribution in [0.25, 0.3) is 22.5 Å². The number of hydrogen-bond acceptors (Lipinski definition) is 5. The third-order valence-corrected chi connectivity index (χ3v) is 5.52. The van der Waals surface area contributed by atoms with Crippen LogP contribution in [0, 0.1) is 0 Å². The molecule has 8 nitrogen and oxygen atoms in total. The minimum Gasteiger partial charge on any atom is -0.352 e. The van der Waals surface area contributed by atoms with Gasteiger partial charge in [-0.25, -0.2) is 4.68 Å². The summed E-state index contributed by atoms with van der Waals surface area (Å²) in [5, 5.41) is 11.6. The Hall–Kier alpha value is -3.81. The number of nitrogens with one attached hydrogen (secondary N) is 1. The molecule has 8 heteroatoms. The summed E-state index contributed by atoms with van der Waals surface area (Å²) in [6.45, 7) is 5.69. The number of nitrogens with zero attached hydrogens (tertiary/aromatic N) is 4. The molecule has 0 spiro atoms. The number of rotatable bonds is 6. The molecule has 2 amide bonds. The molecule has 4 rings (SSSR count). The monoisotopic (exact) mass is 445 g/mol.